The molecule has 0 radical (unpaired) electrons. The lowest BCUT2D eigenvalue weighted by Crippen LogP contribution is -2.39. The summed E-state index contributed by atoms with van der Waals surface area (Å²) in [7, 11) is 6.19. The molecule has 0 heterocycles. The predicted octanol–water partition coefficient (Wildman–Crippen LogP) is 3.44. The van der Waals surface area contributed by atoms with Crippen molar-refractivity contribution in [1.29, 1.82) is 0 Å². The zero-order valence-corrected chi connectivity index (χ0v) is 18.7. The van der Waals surface area contributed by atoms with E-state index in [1.54, 1.807) is 0 Å². The molecule has 0 aliphatic carbocycles. The average molecular weight is 462 g/mol. The molecule has 0 fully saturated rings. The minimum Gasteiger partial charge on any atom is -0.492 e. The van der Waals surface area contributed by atoms with Crippen molar-refractivity contribution in [2.75, 3.05) is 47.4 Å². The maximum absolute atomic E-state index is 5.80. The number of rotatable bonds is 10. The van der Waals surface area contributed by atoms with E-state index in [9.17, 15) is 0 Å². The Kier molecular flexibility index (Phi) is 13.6. The summed E-state index contributed by atoms with van der Waals surface area (Å²) in [4.78, 5) is 9.07. The number of ether oxygens (including phenoxy) is 1. The first-order valence-electron chi connectivity index (χ1n) is 8.92. The van der Waals surface area contributed by atoms with Crippen LogP contribution < -0.4 is 10.1 Å². The van der Waals surface area contributed by atoms with Crippen LogP contribution in [-0.4, -0.2) is 63.1 Å². The van der Waals surface area contributed by atoms with E-state index in [-0.39, 0.29) is 24.0 Å². The van der Waals surface area contributed by atoms with E-state index in [0.29, 0.717) is 13.2 Å². The predicted molar refractivity (Wildman–Crippen MR) is 118 cm³/mol. The molecule has 1 rings (SSSR count). The Morgan fingerprint density at radius 2 is 1.92 bits per heavy atom. The molecule has 0 spiro atoms. The second-order valence-electron chi connectivity index (χ2n) is 6.24. The van der Waals surface area contributed by atoms with E-state index in [1.165, 1.54) is 12.8 Å². The molecule has 0 saturated carbocycles. The molecule has 6 heteroatoms. The topological polar surface area (TPSA) is 40.1 Å². The molecule has 0 atom stereocenters. The van der Waals surface area contributed by atoms with Gasteiger partial charge in [0.1, 0.15) is 12.4 Å². The van der Waals surface area contributed by atoms with Crippen LogP contribution in [0.15, 0.2) is 29.3 Å². The fourth-order valence-electron chi connectivity index (χ4n) is 2.22. The Balaban J connectivity index is 0.00000576. The second kappa shape index (κ2) is 14.2. The molecule has 0 aromatic heterocycles. The highest BCUT2D eigenvalue weighted by Crippen LogP contribution is 2.14. The molecule has 0 bridgehead atoms. The van der Waals surface area contributed by atoms with Gasteiger partial charge in [-0.05, 0) is 45.1 Å². The van der Waals surface area contributed by atoms with Gasteiger partial charge in [-0.25, -0.2) is 4.99 Å². The molecule has 5 nitrogen and oxygen atoms in total. The van der Waals surface area contributed by atoms with Gasteiger partial charge < -0.3 is 19.9 Å². The van der Waals surface area contributed by atoms with Crippen molar-refractivity contribution in [2.45, 2.75) is 33.2 Å². The van der Waals surface area contributed by atoms with Crippen LogP contribution >= 0.6 is 24.0 Å². The molecule has 0 unspecified atom stereocenters. The lowest BCUT2D eigenvalue weighted by molar-refractivity contribution is 0.261. The summed E-state index contributed by atoms with van der Waals surface area (Å²) < 4.78 is 5.80. The van der Waals surface area contributed by atoms with Crippen LogP contribution in [0.25, 0.3) is 0 Å². The van der Waals surface area contributed by atoms with Crippen molar-refractivity contribution in [1.82, 2.24) is 15.1 Å². The molecule has 0 saturated heterocycles. The minimum atomic E-state index is 0. The van der Waals surface area contributed by atoms with Gasteiger partial charge in [0.15, 0.2) is 5.96 Å². The smallest absolute Gasteiger partial charge is 0.193 e. The van der Waals surface area contributed by atoms with Crippen molar-refractivity contribution in [3.8, 4) is 5.75 Å². The molecule has 1 aromatic rings. The molecule has 1 aromatic carbocycles. The van der Waals surface area contributed by atoms with Crippen LogP contribution in [0.4, 0.5) is 0 Å². The highest BCUT2D eigenvalue weighted by molar-refractivity contribution is 14.0. The van der Waals surface area contributed by atoms with Crippen LogP contribution in [-0.2, 0) is 6.54 Å². The van der Waals surface area contributed by atoms with E-state index in [0.717, 1.165) is 36.9 Å². The van der Waals surface area contributed by atoms with Crippen LogP contribution in [0.2, 0.25) is 0 Å². The third kappa shape index (κ3) is 10.5. The number of guanidine groups is 1. The first kappa shape index (κ1) is 24.0. The third-order valence-corrected chi connectivity index (χ3v) is 3.66. The van der Waals surface area contributed by atoms with E-state index in [4.69, 9.17) is 9.73 Å². The largest absolute Gasteiger partial charge is 0.492 e. The lowest BCUT2D eigenvalue weighted by atomic mass is 10.2. The first-order valence-corrected chi connectivity index (χ1v) is 8.92. The van der Waals surface area contributed by atoms with Gasteiger partial charge in [-0.2, -0.15) is 0 Å². The highest BCUT2D eigenvalue weighted by atomic mass is 127. The van der Waals surface area contributed by atoms with E-state index >= 15 is 0 Å². The molecule has 1 N–H and O–H groups in total. The van der Waals surface area contributed by atoms with Crippen molar-refractivity contribution in [3.63, 3.8) is 0 Å². The highest BCUT2D eigenvalue weighted by Gasteiger charge is 2.05. The first-order chi connectivity index (χ1) is 11.6. The summed E-state index contributed by atoms with van der Waals surface area (Å²) in [5, 5.41) is 3.36. The quantitative estimate of drug-likeness (QED) is 0.329. The van der Waals surface area contributed by atoms with Gasteiger partial charge in [0.05, 0.1) is 6.54 Å². The molecular formula is C19H35IN4O. The molecule has 25 heavy (non-hydrogen) atoms. The zero-order valence-electron chi connectivity index (χ0n) is 16.4. The summed E-state index contributed by atoms with van der Waals surface area (Å²) in [6.07, 6.45) is 2.37. The van der Waals surface area contributed by atoms with Crippen LogP contribution in [0.3, 0.4) is 0 Å². The van der Waals surface area contributed by atoms with E-state index < -0.39 is 0 Å². The number of hydrogen-bond acceptors (Lipinski definition) is 3. The van der Waals surface area contributed by atoms with Crippen molar-refractivity contribution >= 4 is 29.9 Å². The van der Waals surface area contributed by atoms with E-state index in [1.807, 2.05) is 26.2 Å². The van der Waals surface area contributed by atoms with Gasteiger partial charge in [0.2, 0.25) is 0 Å². The molecule has 144 valence electrons. The summed E-state index contributed by atoms with van der Waals surface area (Å²) in [6.45, 7) is 8.47. The van der Waals surface area contributed by atoms with Crippen molar-refractivity contribution < 1.29 is 4.74 Å². The van der Waals surface area contributed by atoms with Gasteiger partial charge >= 0.3 is 0 Å². The number of likely N-dealkylation sites (N-methyl/N-ethyl adjacent to an activating group) is 1. The molecular weight excluding hydrogens is 427 g/mol. The fraction of sp³-hybridized carbons (Fsp3) is 0.632. The van der Waals surface area contributed by atoms with Gasteiger partial charge in [-0.3, -0.25) is 0 Å². The monoisotopic (exact) mass is 462 g/mol. The summed E-state index contributed by atoms with van der Waals surface area (Å²) in [6, 6.07) is 8.21. The average Bonchev–Trinajstić information content (AvgIpc) is 2.56. The molecule has 0 aliphatic rings. The Hall–Kier alpha value is -1.02. The van der Waals surface area contributed by atoms with Crippen molar-refractivity contribution in [3.05, 3.63) is 29.8 Å². The van der Waals surface area contributed by atoms with Crippen LogP contribution in [0.5, 0.6) is 5.75 Å². The summed E-state index contributed by atoms with van der Waals surface area (Å²) in [5.41, 5.74) is 1.16. The number of unbranched alkanes of at least 4 members (excludes halogenated alkanes) is 1. The second-order valence-corrected chi connectivity index (χ2v) is 6.24. The number of nitrogens with zero attached hydrogens (tertiary/aromatic N) is 3. The molecule has 0 aliphatic heterocycles. The van der Waals surface area contributed by atoms with Gasteiger partial charge in [-0.1, -0.05) is 25.5 Å². The zero-order chi connectivity index (χ0) is 17.8. The third-order valence-electron chi connectivity index (χ3n) is 3.66. The number of halogens is 1. The molecule has 0 amide bonds. The SMILES string of the molecule is CCCCN(C)C(=NCc1cccc(OCCN(C)C)c1)NCC.I. The Morgan fingerprint density at radius 1 is 1.16 bits per heavy atom. The number of nitrogens with one attached hydrogen (secondary N) is 1. The summed E-state index contributed by atoms with van der Waals surface area (Å²) in [5.74, 6) is 1.87. The van der Waals surface area contributed by atoms with Crippen molar-refractivity contribution in [2.24, 2.45) is 4.99 Å². The minimum absolute atomic E-state index is 0. The number of aliphatic imine (C=N–C) groups is 1. The lowest BCUT2D eigenvalue weighted by Gasteiger charge is -2.21. The number of hydrogen-bond donors (Lipinski definition) is 1. The Morgan fingerprint density at radius 3 is 2.56 bits per heavy atom. The van der Waals surface area contributed by atoms with Gasteiger partial charge in [-0.15, -0.1) is 24.0 Å². The Labute approximate surface area is 170 Å². The maximum Gasteiger partial charge on any atom is 0.193 e. The summed E-state index contributed by atoms with van der Waals surface area (Å²) >= 11 is 0. The maximum atomic E-state index is 5.80. The van der Waals surface area contributed by atoms with Gasteiger partial charge in [0.25, 0.3) is 0 Å². The van der Waals surface area contributed by atoms with Gasteiger partial charge in [0, 0.05) is 26.7 Å². The number of benzene rings is 1. The van der Waals surface area contributed by atoms with Crippen LogP contribution in [0.1, 0.15) is 32.3 Å². The standard InChI is InChI=1S/C19H34N4O.HI/c1-6-8-12-23(5)19(20-7-2)21-16-17-10-9-11-18(15-17)24-14-13-22(3)4;/h9-11,15H,6-8,12-14,16H2,1-5H3,(H,20,21);1H. The fourth-order valence-corrected chi connectivity index (χ4v) is 2.22. The Bertz CT molecular complexity index is 494. The van der Waals surface area contributed by atoms with E-state index in [2.05, 4.69) is 48.1 Å². The normalized spacial score (nSPS) is 11.2. The van der Waals surface area contributed by atoms with Crippen LogP contribution in [0, 0.1) is 0 Å².